The van der Waals surface area contributed by atoms with Crippen LogP contribution < -0.4 is 4.90 Å². The Kier molecular flexibility index (Phi) is 6.35. The van der Waals surface area contributed by atoms with Gasteiger partial charge in [-0.2, -0.15) is 0 Å². The van der Waals surface area contributed by atoms with Gasteiger partial charge in [-0.25, -0.2) is 0 Å². The molecule has 35 heavy (non-hydrogen) atoms. The lowest BCUT2D eigenvalue weighted by atomic mass is 9.95. The SMILES string of the molecule is O=C1C(=O)N(c2nnc(SCc3ccccc3)s2)C(c2ccc(O)cc2)/C1=C(/O)c1ccccc1. The third-order valence-electron chi connectivity index (χ3n) is 5.51. The zero-order valence-electron chi connectivity index (χ0n) is 18.2. The Morgan fingerprint density at radius 1 is 0.914 bits per heavy atom. The first-order valence-electron chi connectivity index (χ1n) is 10.7. The number of aliphatic hydroxyl groups excluding tert-OH is 1. The van der Waals surface area contributed by atoms with Crippen LogP contribution in [0.15, 0.2) is 94.8 Å². The number of phenols is 1. The van der Waals surface area contributed by atoms with Gasteiger partial charge in [-0.15, -0.1) is 10.2 Å². The van der Waals surface area contributed by atoms with Crippen molar-refractivity contribution in [2.45, 2.75) is 16.1 Å². The molecule has 1 aromatic heterocycles. The van der Waals surface area contributed by atoms with Gasteiger partial charge in [0.1, 0.15) is 11.5 Å². The maximum atomic E-state index is 13.2. The molecule has 9 heteroatoms. The van der Waals surface area contributed by atoms with E-state index >= 15 is 0 Å². The van der Waals surface area contributed by atoms with E-state index in [-0.39, 0.29) is 22.2 Å². The van der Waals surface area contributed by atoms with Crippen LogP contribution in [0.2, 0.25) is 0 Å². The fourth-order valence-corrected chi connectivity index (χ4v) is 5.65. The lowest BCUT2D eigenvalue weighted by Crippen LogP contribution is -2.29. The minimum atomic E-state index is -0.921. The number of carbonyl (C=O) groups is 2. The van der Waals surface area contributed by atoms with Crippen LogP contribution >= 0.6 is 23.1 Å². The first-order valence-corrected chi connectivity index (χ1v) is 12.5. The molecule has 1 saturated heterocycles. The zero-order valence-corrected chi connectivity index (χ0v) is 19.9. The number of nitrogens with zero attached hydrogens (tertiary/aromatic N) is 3. The van der Waals surface area contributed by atoms with Gasteiger partial charge < -0.3 is 10.2 Å². The second-order valence-electron chi connectivity index (χ2n) is 7.75. The van der Waals surface area contributed by atoms with Crippen molar-refractivity contribution in [2.75, 3.05) is 4.90 Å². The average molecular weight is 502 g/mol. The summed E-state index contributed by atoms with van der Waals surface area (Å²) in [7, 11) is 0. The van der Waals surface area contributed by atoms with E-state index in [0.717, 1.165) is 5.56 Å². The molecule has 1 fully saturated rings. The molecule has 7 nitrogen and oxygen atoms in total. The molecule has 1 atom stereocenters. The van der Waals surface area contributed by atoms with Crippen molar-refractivity contribution in [3.05, 3.63) is 107 Å². The first kappa shape index (κ1) is 22.8. The molecule has 2 heterocycles. The van der Waals surface area contributed by atoms with Gasteiger partial charge in [0, 0.05) is 11.3 Å². The quantitative estimate of drug-likeness (QED) is 0.124. The third-order valence-corrected chi connectivity index (χ3v) is 7.63. The number of carbonyl (C=O) groups excluding carboxylic acids is 2. The fourth-order valence-electron chi connectivity index (χ4n) is 3.83. The van der Waals surface area contributed by atoms with Crippen LogP contribution in [0.25, 0.3) is 5.76 Å². The molecule has 4 aromatic rings. The van der Waals surface area contributed by atoms with E-state index in [2.05, 4.69) is 10.2 Å². The third kappa shape index (κ3) is 4.55. The summed E-state index contributed by atoms with van der Waals surface area (Å²) in [6.07, 6.45) is 0. The van der Waals surface area contributed by atoms with E-state index in [1.54, 1.807) is 42.5 Å². The molecule has 1 aliphatic rings. The van der Waals surface area contributed by atoms with E-state index in [4.69, 9.17) is 0 Å². The van der Waals surface area contributed by atoms with E-state index in [1.165, 1.54) is 40.1 Å². The Morgan fingerprint density at radius 3 is 2.26 bits per heavy atom. The second kappa shape index (κ2) is 9.73. The summed E-state index contributed by atoms with van der Waals surface area (Å²) in [4.78, 5) is 27.6. The molecule has 1 aliphatic heterocycles. The van der Waals surface area contributed by atoms with Crippen molar-refractivity contribution in [2.24, 2.45) is 0 Å². The monoisotopic (exact) mass is 501 g/mol. The van der Waals surface area contributed by atoms with Gasteiger partial charge in [0.2, 0.25) is 5.13 Å². The average Bonchev–Trinajstić information content (AvgIpc) is 3.46. The Hall–Kier alpha value is -3.95. The van der Waals surface area contributed by atoms with Gasteiger partial charge in [0.25, 0.3) is 5.78 Å². The van der Waals surface area contributed by atoms with Crippen LogP contribution in [0.1, 0.15) is 22.7 Å². The van der Waals surface area contributed by atoms with Crippen LogP contribution in [0, 0.1) is 0 Å². The van der Waals surface area contributed by atoms with E-state index in [0.29, 0.717) is 21.2 Å². The number of anilines is 1. The number of aliphatic hydroxyl groups is 1. The van der Waals surface area contributed by atoms with Gasteiger partial charge >= 0.3 is 5.91 Å². The highest BCUT2D eigenvalue weighted by atomic mass is 32.2. The number of Topliss-reactive ketones (excluding diaryl/α,β-unsaturated/α-hetero) is 1. The molecular weight excluding hydrogens is 482 g/mol. The van der Waals surface area contributed by atoms with Gasteiger partial charge in [-0.05, 0) is 23.3 Å². The van der Waals surface area contributed by atoms with Gasteiger partial charge in [-0.3, -0.25) is 14.5 Å². The standard InChI is InChI=1S/C26H19N3O4S2/c30-19-13-11-17(12-14-19)21-20(22(31)18-9-5-2-6-10-18)23(32)24(33)29(21)25-27-28-26(35-25)34-15-16-7-3-1-4-8-16/h1-14,21,30-31H,15H2/b22-20-. The molecule has 0 saturated carbocycles. The summed E-state index contributed by atoms with van der Waals surface area (Å²) in [5.41, 5.74) is 2.06. The molecule has 1 amide bonds. The number of phenolic OH excluding ortho intramolecular Hbond substituents is 1. The van der Waals surface area contributed by atoms with Crippen LogP contribution in [0.4, 0.5) is 5.13 Å². The summed E-state index contributed by atoms with van der Waals surface area (Å²) in [5, 5.41) is 29.5. The second-order valence-corrected chi connectivity index (χ2v) is 9.93. The summed E-state index contributed by atoms with van der Waals surface area (Å²) >= 11 is 2.69. The molecule has 0 radical (unpaired) electrons. The Morgan fingerprint density at radius 2 is 1.57 bits per heavy atom. The maximum Gasteiger partial charge on any atom is 0.301 e. The van der Waals surface area contributed by atoms with Crippen LogP contribution in [0.5, 0.6) is 5.75 Å². The minimum Gasteiger partial charge on any atom is -0.508 e. The van der Waals surface area contributed by atoms with E-state index in [9.17, 15) is 19.8 Å². The smallest absolute Gasteiger partial charge is 0.301 e. The molecule has 0 spiro atoms. The zero-order chi connectivity index (χ0) is 24.4. The number of rotatable bonds is 6. The lowest BCUT2D eigenvalue weighted by Gasteiger charge is -2.22. The highest BCUT2D eigenvalue weighted by Gasteiger charge is 2.48. The normalized spacial score (nSPS) is 17.1. The number of hydrogen-bond donors (Lipinski definition) is 2. The molecule has 1 unspecified atom stereocenters. The molecule has 2 N–H and O–H groups in total. The van der Waals surface area contributed by atoms with E-state index in [1.807, 2.05) is 30.3 Å². The highest BCUT2D eigenvalue weighted by Crippen LogP contribution is 2.44. The predicted octanol–water partition coefficient (Wildman–Crippen LogP) is 5.16. The summed E-state index contributed by atoms with van der Waals surface area (Å²) < 4.78 is 0.651. The lowest BCUT2D eigenvalue weighted by molar-refractivity contribution is -0.132. The minimum absolute atomic E-state index is 0.0411. The van der Waals surface area contributed by atoms with Gasteiger partial charge in [0.15, 0.2) is 4.34 Å². The van der Waals surface area contributed by atoms with Crippen molar-refractivity contribution >= 4 is 45.7 Å². The van der Waals surface area contributed by atoms with Crippen LogP contribution in [-0.2, 0) is 15.3 Å². The molecule has 0 aliphatic carbocycles. The number of aromatic hydroxyl groups is 1. The van der Waals surface area contributed by atoms with Crippen molar-refractivity contribution < 1.29 is 19.8 Å². The Labute approximate surface area is 209 Å². The topological polar surface area (TPSA) is 104 Å². The van der Waals surface area contributed by atoms with Crippen LogP contribution in [-0.4, -0.2) is 32.1 Å². The fraction of sp³-hybridized carbons (Fsp3) is 0.0769. The molecule has 0 bridgehead atoms. The number of ketones is 1. The van der Waals surface area contributed by atoms with Crippen molar-refractivity contribution in [3.8, 4) is 5.75 Å². The van der Waals surface area contributed by atoms with Gasteiger partial charge in [0.05, 0.1) is 11.6 Å². The van der Waals surface area contributed by atoms with Crippen molar-refractivity contribution in [3.63, 3.8) is 0 Å². The highest BCUT2D eigenvalue weighted by molar-refractivity contribution is 8.00. The largest absolute Gasteiger partial charge is 0.508 e. The van der Waals surface area contributed by atoms with Crippen molar-refractivity contribution in [1.29, 1.82) is 0 Å². The summed E-state index contributed by atoms with van der Waals surface area (Å²) in [6, 6.07) is 23.8. The Balaban J connectivity index is 1.54. The Bertz CT molecular complexity index is 1400. The molecule has 5 rings (SSSR count). The van der Waals surface area contributed by atoms with E-state index < -0.39 is 17.7 Å². The number of aromatic nitrogens is 2. The molecule has 174 valence electrons. The molecular formula is C26H19N3O4S2. The summed E-state index contributed by atoms with van der Waals surface area (Å²) in [5.74, 6) is -1.14. The van der Waals surface area contributed by atoms with Crippen molar-refractivity contribution in [1.82, 2.24) is 10.2 Å². The summed E-state index contributed by atoms with van der Waals surface area (Å²) in [6.45, 7) is 0. The van der Waals surface area contributed by atoms with Gasteiger partial charge in [-0.1, -0.05) is 95.9 Å². The molecule has 3 aromatic carbocycles. The number of benzene rings is 3. The predicted molar refractivity (Wildman–Crippen MR) is 135 cm³/mol. The maximum absolute atomic E-state index is 13.2. The van der Waals surface area contributed by atoms with Crippen LogP contribution in [0.3, 0.4) is 0 Å². The number of hydrogen-bond acceptors (Lipinski definition) is 8. The first-order chi connectivity index (χ1) is 17.0. The number of thioether (sulfide) groups is 1. The number of amides is 1.